The molecule has 0 spiro atoms. The SMILES string of the molecule is CCOc1cc(/C=N\NC(=O)CSc2nc(C)cc(C)n2)cc(I)c1OCC(=O)OC. The van der Waals surface area contributed by atoms with Gasteiger partial charge in [-0.1, -0.05) is 11.8 Å². The van der Waals surface area contributed by atoms with Crippen LogP contribution in [-0.4, -0.2) is 54.1 Å². The zero-order valence-electron chi connectivity index (χ0n) is 17.6. The number of hydrogen-bond acceptors (Lipinski definition) is 9. The zero-order chi connectivity index (χ0) is 22.8. The highest BCUT2D eigenvalue weighted by molar-refractivity contribution is 14.1. The molecule has 1 heterocycles. The van der Waals surface area contributed by atoms with Gasteiger partial charge in [0.25, 0.3) is 5.91 Å². The maximum Gasteiger partial charge on any atom is 0.343 e. The van der Waals surface area contributed by atoms with Gasteiger partial charge >= 0.3 is 5.97 Å². The van der Waals surface area contributed by atoms with Crippen molar-refractivity contribution in [3.8, 4) is 11.5 Å². The van der Waals surface area contributed by atoms with Gasteiger partial charge in [0.1, 0.15) is 0 Å². The lowest BCUT2D eigenvalue weighted by Gasteiger charge is -2.13. The molecule has 1 aromatic carbocycles. The lowest BCUT2D eigenvalue weighted by molar-refractivity contribution is -0.143. The van der Waals surface area contributed by atoms with Crippen LogP contribution in [0.15, 0.2) is 28.5 Å². The van der Waals surface area contributed by atoms with Gasteiger partial charge in [-0.2, -0.15) is 5.10 Å². The Morgan fingerprint density at radius 1 is 1.19 bits per heavy atom. The number of nitrogens with one attached hydrogen (secondary N) is 1. The third-order valence-electron chi connectivity index (χ3n) is 3.59. The number of esters is 1. The molecule has 1 amide bonds. The molecule has 11 heteroatoms. The molecule has 0 bridgehead atoms. The number of methoxy groups -OCH3 is 1. The Morgan fingerprint density at radius 3 is 2.55 bits per heavy atom. The molecule has 0 aliphatic rings. The first-order valence-electron chi connectivity index (χ1n) is 9.25. The quantitative estimate of drug-likeness (QED) is 0.118. The molecule has 1 aromatic heterocycles. The summed E-state index contributed by atoms with van der Waals surface area (Å²) in [6, 6.07) is 5.38. The van der Waals surface area contributed by atoms with Gasteiger partial charge in [-0.15, -0.1) is 0 Å². The van der Waals surface area contributed by atoms with Crippen molar-refractivity contribution in [3.05, 3.63) is 38.7 Å². The average molecular weight is 558 g/mol. The van der Waals surface area contributed by atoms with E-state index in [1.165, 1.54) is 25.1 Å². The van der Waals surface area contributed by atoms with E-state index >= 15 is 0 Å². The number of amides is 1. The Bertz CT molecular complexity index is 951. The van der Waals surface area contributed by atoms with Crippen LogP contribution in [-0.2, 0) is 14.3 Å². The largest absolute Gasteiger partial charge is 0.490 e. The minimum Gasteiger partial charge on any atom is -0.490 e. The molecule has 0 radical (unpaired) electrons. The number of carbonyl (C=O) groups is 2. The Kier molecular flexibility index (Phi) is 9.98. The Morgan fingerprint density at radius 2 is 1.90 bits per heavy atom. The summed E-state index contributed by atoms with van der Waals surface area (Å²) in [5, 5.41) is 4.55. The number of ether oxygens (including phenoxy) is 3. The molecule has 2 rings (SSSR count). The molecule has 0 saturated carbocycles. The molecule has 1 N–H and O–H groups in total. The molecule has 0 aliphatic carbocycles. The van der Waals surface area contributed by atoms with Gasteiger partial charge in [0.05, 0.1) is 29.3 Å². The fourth-order valence-corrected chi connectivity index (χ4v) is 3.88. The van der Waals surface area contributed by atoms with Gasteiger partial charge in [0, 0.05) is 11.4 Å². The number of benzene rings is 1. The molecular formula is C20H23IN4O5S. The number of aromatic nitrogens is 2. The van der Waals surface area contributed by atoms with E-state index in [1.807, 2.05) is 26.8 Å². The number of halogens is 1. The number of thioether (sulfide) groups is 1. The first kappa shape index (κ1) is 24.9. The average Bonchev–Trinajstić information content (AvgIpc) is 2.71. The van der Waals surface area contributed by atoms with Crippen molar-refractivity contribution >= 4 is 52.4 Å². The molecular weight excluding hydrogens is 535 g/mol. The predicted molar refractivity (Wildman–Crippen MR) is 126 cm³/mol. The van der Waals surface area contributed by atoms with Crippen molar-refractivity contribution in [2.45, 2.75) is 25.9 Å². The van der Waals surface area contributed by atoms with Crippen LogP contribution in [0.5, 0.6) is 11.5 Å². The molecule has 166 valence electrons. The summed E-state index contributed by atoms with van der Waals surface area (Å²) in [6.07, 6.45) is 1.50. The summed E-state index contributed by atoms with van der Waals surface area (Å²) < 4.78 is 16.5. The number of hydrazone groups is 1. The van der Waals surface area contributed by atoms with Crippen molar-refractivity contribution in [2.24, 2.45) is 5.10 Å². The first-order chi connectivity index (χ1) is 14.8. The summed E-state index contributed by atoms with van der Waals surface area (Å²) in [4.78, 5) is 32.0. The fraction of sp³-hybridized carbons (Fsp3) is 0.350. The topological polar surface area (TPSA) is 112 Å². The van der Waals surface area contributed by atoms with Crippen LogP contribution in [0.1, 0.15) is 23.9 Å². The highest BCUT2D eigenvalue weighted by atomic mass is 127. The van der Waals surface area contributed by atoms with E-state index in [1.54, 1.807) is 12.1 Å². The second-order valence-corrected chi connectivity index (χ2v) is 8.25. The fourth-order valence-electron chi connectivity index (χ4n) is 2.35. The molecule has 0 unspecified atom stereocenters. The lowest BCUT2D eigenvalue weighted by Crippen LogP contribution is -2.20. The van der Waals surface area contributed by atoms with Crippen LogP contribution in [0.4, 0.5) is 0 Å². The van der Waals surface area contributed by atoms with Crippen molar-refractivity contribution in [3.63, 3.8) is 0 Å². The van der Waals surface area contributed by atoms with Crippen molar-refractivity contribution in [1.82, 2.24) is 15.4 Å². The first-order valence-corrected chi connectivity index (χ1v) is 11.3. The number of carbonyl (C=O) groups excluding carboxylic acids is 2. The van der Waals surface area contributed by atoms with Crippen LogP contribution in [0.2, 0.25) is 0 Å². The predicted octanol–water partition coefficient (Wildman–Crippen LogP) is 2.89. The Balaban J connectivity index is 1.99. The number of aryl methyl sites for hydroxylation is 2. The normalized spacial score (nSPS) is 10.7. The minimum atomic E-state index is -0.490. The summed E-state index contributed by atoms with van der Waals surface area (Å²) in [5.74, 6) is 0.285. The van der Waals surface area contributed by atoms with Crippen LogP contribution in [0, 0.1) is 17.4 Å². The highest BCUT2D eigenvalue weighted by Gasteiger charge is 2.14. The van der Waals surface area contributed by atoms with E-state index in [0.29, 0.717) is 28.8 Å². The molecule has 9 nitrogen and oxygen atoms in total. The number of rotatable bonds is 10. The van der Waals surface area contributed by atoms with Gasteiger partial charge in [-0.25, -0.2) is 20.2 Å². The van der Waals surface area contributed by atoms with Crippen molar-refractivity contribution < 1.29 is 23.8 Å². The van der Waals surface area contributed by atoms with Gasteiger partial charge in [-0.05, 0) is 67.1 Å². The van der Waals surface area contributed by atoms with Crippen LogP contribution < -0.4 is 14.9 Å². The Hall–Kier alpha value is -2.41. The highest BCUT2D eigenvalue weighted by Crippen LogP contribution is 2.34. The monoisotopic (exact) mass is 558 g/mol. The number of nitrogens with zero attached hydrogens (tertiary/aromatic N) is 3. The van der Waals surface area contributed by atoms with E-state index < -0.39 is 5.97 Å². The van der Waals surface area contributed by atoms with Crippen LogP contribution in [0.3, 0.4) is 0 Å². The summed E-state index contributed by atoms with van der Waals surface area (Å²) in [5.41, 5.74) is 4.89. The van der Waals surface area contributed by atoms with E-state index in [9.17, 15) is 9.59 Å². The van der Waals surface area contributed by atoms with Crippen LogP contribution >= 0.6 is 34.4 Å². The molecule has 0 aliphatic heterocycles. The summed E-state index contributed by atoms with van der Waals surface area (Å²) >= 11 is 3.32. The third kappa shape index (κ3) is 8.32. The third-order valence-corrected chi connectivity index (χ3v) is 5.24. The maximum absolute atomic E-state index is 12.1. The van der Waals surface area contributed by atoms with E-state index in [-0.39, 0.29) is 18.3 Å². The van der Waals surface area contributed by atoms with Gasteiger partial charge in [-0.3, -0.25) is 4.79 Å². The van der Waals surface area contributed by atoms with Crippen LogP contribution in [0.25, 0.3) is 0 Å². The second-order valence-electron chi connectivity index (χ2n) is 6.14. The van der Waals surface area contributed by atoms with Gasteiger partial charge in [0.15, 0.2) is 23.3 Å². The molecule has 0 atom stereocenters. The molecule has 0 fully saturated rings. The van der Waals surface area contributed by atoms with E-state index in [2.05, 4.69) is 47.8 Å². The second kappa shape index (κ2) is 12.4. The van der Waals surface area contributed by atoms with E-state index in [0.717, 1.165) is 15.0 Å². The van der Waals surface area contributed by atoms with Gasteiger partial charge in [0.2, 0.25) is 0 Å². The van der Waals surface area contributed by atoms with E-state index in [4.69, 9.17) is 9.47 Å². The molecule has 31 heavy (non-hydrogen) atoms. The smallest absolute Gasteiger partial charge is 0.343 e. The molecule has 2 aromatic rings. The Labute approximate surface area is 198 Å². The minimum absolute atomic E-state index is 0.141. The standard InChI is InChI=1S/C20H23IN4O5S/c1-5-29-16-8-14(7-15(21)19(16)30-10-18(27)28-4)9-22-25-17(26)11-31-20-23-12(2)6-13(3)24-20/h6-9H,5,10-11H2,1-4H3,(H,25,26)/b22-9-. The lowest BCUT2D eigenvalue weighted by atomic mass is 10.2. The number of hydrogen-bond donors (Lipinski definition) is 1. The van der Waals surface area contributed by atoms with Crippen molar-refractivity contribution in [2.75, 3.05) is 26.1 Å². The summed E-state index contributed by atoms with van der Waals surface area (Å²) in [7, 11) is 1.29. The molecule has 0 saturated heterocycles. The van der Waals surface area contributed by atoms with Crippen molar-refractivity contribution in [1.29, 1.82) is 0 Å². The zero-order valence-corrected chi connectivity index (χ0v) is 20.6. The van der Waals surface area contributed by atoms with Gasteiger partial charge < -0.3 is 14.2 Å². The summed E-state index contributed by atoms with van der Waals surface area (Å²) in [6.45, 7) is 5.80. The maximum atomic E-state index is 12.1.